The van der Waals surface area contributed by atoms with Crippen molar-refractivity contribution in [1.29, 1.82) is 0 Å². The number of rotatable bonds is 12. The van der Waals surface area contributed by atoms with Gasteiger partial charge in [-0.1, -0.05) is 47.8 Å². The van der Waals surface area contributed by atoms with Gasteiger partial charge < -0.3 is 35.4 Å². The Balaban J connectivity index is 1.40. The molecule has 8 unspecified atom stereocenters. The van der Waals surface area contributed by atoms with E-state index in [1.807, 2.05) is 0 Å². The van der Waals surface area contributed by atoms with Crippen LogP contribution in [0.2, 0.25) is 0 Å². The van der Waals surface area contributed by atoms with Crippen LogP contribution in [0.1, 0.15) is 51.4 Å². The maximum atomic E-state index is 13.1. The van der Waals surface area contributed by atoms with E-state index >= 15 is 0 Å². The number of ether oxygens (including phenoxy) is 1. The lowest BCUT2D eigenvalue weighted by Gasteiger charge is -2.30. The van der Waals surface area contributed by atoms with Crippen LogP contribution in [0.4, 0.5) is 0 Å². The maximum absolute atomic E-state index is 13.1. The van der Waals surface area contributed by atoms with Gasteiger partial charge in [0.25, 0.3) is 0 Å². The van der Waals surface area contributed by atoms with Gasteiger partial charge in [0.1, 0.15) is 0 Å². The van der Waals surface area contributed by atoms with Gasteiger partial charge in [-0.15, -0.1) is 0 Å². The molecule has 0 fully saturated rings. The van der Waals surface area contributed by atoms with Crippen molar-refractivity contribution >= 4 is 71.3 Å². The summed E-state index contributed by atoms with van der Waals surface area (Å²) in [5, 5.41) is 57.5. The van der Waals surface area contributed by atoms with E-state index in [0.29, 0.717) is 19.6 Å². The zero-order valence-electron chi connectivity index (χ0n) is 25.8. The molecule has 0 aromatic rings. The van der Waals surface area contributed by atoms with Crippen LogP contribution in [0.3, 0.4) is 0 Å². The van der Waals surface area contributed by atoms with Gasteiger partial charge in [0.2, 0.25) is 0 Å². The number of carboxylic acids is 6. The Hall–Kier alpha value is -4.38. The molecule has 0 spiro atoms. The molecule has 0 radical (unpaired) electrons. The van der Waals surface area contributed by atoms with Crippen LogP contribution < -0.4 is 0 Å². The number of esters is 2. The molecular formula is C32H34O15S2. The van der Waals surface area contributed by atoms with Crippen molar-refractivity contribution in [3.8, 4) is 0 Å². The van der Waals surface area contributed by atoms with Crippen LogP contribution in [0.25, 0.3) is 0 Å². The van der Waals surface area contributed by atoms with Gasteiger partial charge in [0.15, 0.2) is 0 Å². The van der Waals surface area contributed by atoms with Crippen LogP contribution in [-0.4, -0.2) is 78.4 Å². The van der Waals surface area contributed by atoms with Crippen LogP contribution in [-0.2, 0) is 43.1 Å². The number of aliphatic carboxylic acids is 6. The standard InChI is InChI=1S/C32H34O15S2/c33-25(34)17-5-1-13(9-21(17)27(37)38)48-15-3-7-19(23(11-15)29(41)42)31(45)47-32(46)20-8-4-16(12-24(20)30(43)44)49-14-2-6-18(26(35)36)22(10-14)28(39)40/h1-4,17-24H,5-12H2,(H,33,34)(H,35,36)(H,37,38)(H,39,40)(H,41,42)(H,43,44). The summed E-state index contributed by atoms with van der Waals surface area (Å²) in [6.07, 6.45) is 5.73. The Morgan fingerprint density at radius 1 is 0.408 bits per heavy atom. The van der Waals surface area contributed by atoms with Gasteiger partial charge in [-0.3, -0.25) is 38.4 Å². The quantitative estimate of drug-likeness (QED) is 0.124. The fourth-order valence-electron chi connectivity index (χ4n) is 6.49. The summed E-state index contributed by atoms with van der Waals surface area (Å²) >= 11 is 2.23. The second kappa shape index (κ2) is 15.9. The predicted octanol–water partition coefficient (Wildman–Crippen LogP) is 3.67. The predicted molar refractivity (Wildman–Crippen MR) is 169 cm³/mol. The number of hydrogen-bond donors (Lipinski definition) is 6. The lowest BCUT2D eigenvalue weighted by molar-refractivity contribution is -0.172. The molecule has 4 rings (SSSR count). The summed E-state index contributed by atoms with van der Waals surface area (Å²) in [5.41, 5.74) is 0. The SMILES string of the molecule is O=C(O)C1CC=C(SC2=CCC(C(=O)OC(=O)C3CC=C(SC4=CCC(C(=O)O)C(C(=O)O)C4)CC3C(=O)O)C(C(=O)O)C2)CC1C(=O)O. The largest absolute Gasteiger partial charge is 0.481 e. The molecular weight excluding hydrogens is 688 g/mol. The van der Waals surface area contributed by atoms with Crippen molar-refractivity contribution < 1.29 is 73.7 Å². The van der Waals surface area contributed by atoms with Crippen molar-refractivity contribution in [2.24, 2.45) is 47.3 Å². The fraction of sp³-hybridized carbons (Fsp3) is 0.500. The van der Waals surface area contributed by atoms with E-state index in [4.69, 9.17) is 4.74 Å². The molecule has 264 valence electrons. The molecule has 49 heavy (non-hydrogen) atoms. The summed E-state index contributed by atoms with van der Waals surface area (Å²) < 4.78 is 5.07. The van der Waals surface area contributed by atoms with Gasteiger partial charge in [0, 0.05) is 0 Å². The molecule has 0 saturated carbocycles. The van der Waals surface area contributed by atoms with E-state index in [0.717, 1.165) is 23.5 Å². The Labute approximate surface area is 287 Å². The van der Waals surface area contributed by atoms with Crippen LogP contribution in [0.5, 0.6) is 0 Å². The van der Waals surface area contributed by atoms with E-state index in [2.05, 4.69) is 0 Å². The minimum atomic E-state index is -1.34. The number of carboxylic acid groups (broad SMARTS) is 6. The zero-order valence-corrected chi connectivity index (χ0v) is 27.4. The molecule has 0 aliphatic heterocycles. The molecule has 15 nitrogen and oxygen atoms in total. The second-order valence-corrected chi connectivity index (χ2v) is 14.8. The Morgan fingerprint density at radius 3 is 0.878 bits per heavy atom. The Morgan fingerprint density at radius 2 is 0.633 bits per heavy atom. The molecule has 0 aromatic heterocycles. The highest BCUT2D eigenvalue weighted by molar-refractivity contribution is 8.07. The van der Waals surface area contributed by atoms with Gasteiger partial charge in [-0.2, -0.15) is 0 Å². The Bertz CT molecular complexity index is 1460. The van der Waals surface area contributed by atoms with E-state index in [1.54, 1.807) is 24.3 Å². The normalized spacial score (nSPS) is 30.0. The molecule has 0 bridgehead atoms. The van der Waals surface area contributed by atoms with Gasteiger partial charge in [0.05, 0.1) is 47.3 Å². The van der Waals surface area contributed by atoms with E-state index < -0.39 is 95.1 Å². The third kappa shape index (κ3) is 9.00. The van der Waals surface area contributed by atoms with E-state index in [9.17, 15) is 69.0 Å². The van der Waals surface area contributed by atoms with Crippen LogP contribution >= 0.6 is 23.5 Å². The molecule has 4 aliphatic carbocycles. The summed E-state index contributed by atoms with van der Waals surface area (Å²) in [6.45, 7) is 0. The number of carbonyl (C=O) groups is 8. The smallest absolute Gasteiger partial charge is 0.317 e. The topological polar surface area (TPSA) is 267 Å². The minimum absolute atomic E-state index is 0.00846. The minimum Gasteiger partial charge on any atom is -0.481 e. The lowest BCUT2D eigenvalue weighted by atomic mass is 9.82. The first-order chi connectivity index (χ1) is 23.1. The number of carbonyl (C=O) groups excluding carboxylic acids is 2. The van der Waals surface area contributed by atoms with Gasteiger partial charge in [-0.05, 0) is 71.0 Å². The molecule has 0 amide bonds. The third-order valence-electron chi connectivity index (χ3n) is 9.26. The first kappa shape index (κ1) is 37.4. The molecule has 0 heterocycles. The van der Waals surface area contributed by atoms with E-state index in [1.165, 1.54) is 0 Å². The zero-order chi connectivity index (χ0) is 36.2. The fourth-order valence-corrected chi connectivity index (χ4v) is 8.93. The number of allylic oxidation sites excluding steroid dienone is 8. The molecule has 6 N–H and O–H groups in total. The first-order valence-corrected chi connectivity index (χ1v) is 16.9. The molecule has 0 aromatic carbocycles. The van der Waals surface area contributed by atoms with Crippen molar-refractivity contribution in [3.05, 3.63) is 43.9 Å². The average Bonchev–Trinajstić information content (AvgIpc) is 3.04. The summed E-state index contributed by atoms with van der Waals surface area (Å²) in [5.74, 6) is -19.5. The summed E-state index contributed by atoms with van der Waals surface area (Å²) in [7, 11) is 0. The monoisotopic (exact) mass is 722 g/mol. The maximum Gasteiger partial charge on any atom is 0.317 e. The lowest BCUT2D eigenvalue weighted by Crippen LogP contribution is -2.38. The molecule has 4 aliphatic rings. The van der Waals surface area contributed by atoms with Crippen molar-refractivity contribution in [2.45, 2.75) is 51.4 Å². The van der Waals surface area contributed by atoms with Crippen LogP contribution in [0.15, 0.2) is 43.9 Å². The summed E-state index contributed by atoms with van der Waals surface area (Å²) in [4.78, 5) is 98.9. The molecule has 17 heteroatoms. The second-order valence-electron chi connectivity index (χ2n) is 12.3. The van der Waals surface area contributed by atoms with Crippen molar-refractivity contribution in [1.82, 2.24) is 0 Å². The van der Waals surface area contributed by atoms with Crippen LogP contribution in [0, 0.1) is 47.3 Å². The molecule has 8 atom stereocenters. The third-order valence-corrected chi connectivity index (χ3v) is 11.6. The number of hydrogen-bond acceptors (Lipinski definition) is 11. The van der Waals surface area contributed by atoms with E-state index in [-0.39, 0.29) is 51.4 Å². The highest BCUT2D eigenvalue weighted by Gasteiger charge is 2.44. The first-order valence-electron chi connectivity index (χ1n) is 15.3. The van der Waals surface area contributed by atoms with Crippen molar-refractivity contribution in [2.75, 3.05) is 0 Å². The van der Waals surface area contributed by atoms with Crippen molar-refractivity contribution in [3.63, 3.8) is 0 Å². The molecule has 0 saturated heterocycles. The highest BCUT2D eigenvalue weighted by Crippen LogP contribution is 2.46. The summed E-state index contributed by atoms with van der Waals surface area (Å²) in [6, 6.07) is 0. The van der Waals surface area contributed by atoms with Gasteiger partial charge in [-0.25, -0.2) is 0 Å². The highest BCUT2D eigenvalue weighted by atomic mass is 32.2. The number of thioether (sulfide) groups is 2. The average molecular weight is 723 g/mol. The van der Waals surface area contributed by atoms with Gasteiger partial charge >= 0.3 is 47.8 Å². The Kier molecular flexibility index (Phi) is 12.1.